The standard InChI is InChI=1S/C12H16N4/c13-9-10-4-5-12(11(14)8-10)15-16-6-2-1-3-7-16/h4-5,8,15H,1-3,6-7,14H2. The minimum Gasteiger partial charge on any atom is -0.397 e. The fraction of sp³-hybridized carbons (Fsp3) is 0.417. The normalized spacial score (nSPS) is 16.7. The van der Waals surface area contributed by atoms with Crippen molar-refractivity contribution in [3.8, 4) is 6.07 Å². The van der Waals surface area contributed by atoms with Crippen LogP contribution in [0, 0.1) is 11.3 Å². The minimum atomic E-state index is 0.599. The molecule has 0 aromatic heterocycles. The lowest BCUT2D eigenvalue weighted by Gasteiger charge is -2.28. The second-order valence-corrected chi connectivity index (χ2v) is 4.07. The highest BCUT2D eigenvalue weighted by molar-refractivity contribution is 5.67. The third-order valence-corrected chi connectivity index (χ3v) is 2.82. The number of hydrogen-bond donors (Lipinski definition) is 2. The maximum Gasteiger partial charge on any atom is 0.0992 e. The van der Waals surface area contributed by atoms with Crippen LogP contribution >= 0.6 is 0 Å². The van der Waals surface area contributed by atoms with Gasteiger partial charge in [-0.3, -0.25) is 0 Å². The first-order chi connectivity index (χ1) is 7.79. The number of nitriles is 1. The average Bonchev–Trinajstić information content (AvgIpc) is 2.33. The average molecular weight is 216 g/mol. The van der Waals surface area contributed by atoms with Gasteiger partial charge in [-0.05, 0) is 31.0 Å². The number of hydrogen-bond acceptors (Lipinski definition) is 4. The van der Waals surface area contributed by atoms with Crippen LogP contribution in [0.3, 0.4) is 0 Å². The molecule has 16 heavy (non-hydrogen) atoms. The predicted octanol–water partition coefficient (Wildman–Crippen LogP) is 1.95. The number of rotatable bonds is 2. The van der Waals surface area contributed by atoms with E-state index in [1.807, 2.05) is 6.07 Å². The van der Waals surface area contributed by atoms with E-state index in [-0.39, 0.29) is 0 Å². The Bertz CT molecular complexity index is 402. The van der Waals surface area contributed by atoms with Gasteiger partial charge < -0.3 is 11.2 Å². The van der Waals surface area contributed by atoms with Crippen molar-refractivity contribution in [3.63, 3.8) is 0 Å². The van der Waals surface area contributed by atoms with Gasteiger partial charge in [-0.1, -0.05) is 6.42 Å². The first-order valence-corrected chi connectivity index (χ1v) is 5.61. The van der Waals surface area contributed by atoms with Crippen LogP contribution < -0.4 is 11.2 Å². The van der Waals surface area contributed by atoms with Crippen LogP contribution in [0.2, 0.25) is 0 Å². The Balaban J connectivity index is 2.06. The van der Waals surface area contributed by atoms with E-state index in [1.54, 1.807) is 12.1 Å². The zero-order valence-electron chi connectivity index (χ0n) is 9.24. The number of anilines is 2. The summed E-state index contributed by atoms with van der Waals surface area (Å²) in [5.41, 5.74) is 11.3. The quantitative estimate of drug-likeness (QED) is 0.742. The number of nitrogens with two attached hydrogens (primary N) is 1. The largest absolute Gasteiger partial charge is 0.397 e. The Morgan fingerprint density at radius 3 is 2.62 bits per heavy atom. The van der Waals surface area contributed by atoms with Gasteiger partial charge >= 0.3 is 0 Å². The molecule has 0 atom stereocenters. The zero-order chi connectivity index (χ0) is 11.4. The topological polar surface area (TPSA) is 65.1 Å². The van der Waals surface area contributed by atoms with E-state index in [1.165, 1.54) is 19.3 Å². The van der Waals surface area contributed by atoms with E-state index >= 15 is 0 Å². The molecule has 0 amide bonds. The molecular weight excluding hydrogens is 200 g/mol. The molecule has 1 aliphatic rings. The third kappa shape index (κ3) is 2.44. The predicted molar refractivity (Wildman–Crippen MR) is 64.6 cm³/mol. The number of nitrogen functional groups attached to an aromatic ring is 1. The van der Waals surface area contributed by atoms with Crippen molar-refractivity contribution < 1.29 is 0 Å². The van der Waals surface area contributed by atoms with E-state index in [0.717, 1.165) is 18.8 Å². The molecule has 84 valence electrons. The van der Waals surface area contributed by atoms with Gasteiger partial charge in [-0.25, -0.2) is 5.01 Å². The second-order valence-electron chi connectivity index (χ2n) is 4.07. The smallest absolute Gasteiger partial charge is 0.0992 e. The van der Waals surface area contributed by atoms with Gasteiger partial charge in [0.25, 0.3) is 0 Å². The lowest BCUT2D eigenvalue weighted by molar-refractivity contribution is 0.273. The van der Waals surface area contributed by atoms with Gasteiger partial charge in [-0.2, -0.15) is 5.26 Å². The third-order valence-electron chi connectivity index (χ3n) is 2.82. The summed E-state index contributed by atoms with van der Waals surface area (Å²) in [4.78, 5) is 0. The van der Waals surface area contributed by atoms with Crippen molar-refractivity contribution >= 4 is 11.4 Å². The van der Waals surface area contributed by atoms with Gasteiger partial charge in [0, 0.05) is 13.1 Å². The maximum absolute atomic E-state index is 8.74. The van der Waals surface area contributed by atoms with Crippen LogP contribution in [0.25, 0.3) is 0 Å². The van der Waals surface area contributed by atoms with E-state index in [4.69, 9.17) is 11.0 Å². The molecule has 4 nitrogen and oxygen atoms in total. The highest BCUT2D eigenvalue weighted by Gasteiger charge is 2.10. The number of hydrazine groups is 1. The second kappa shape index (κ2) is 4.86. The summed E-state index contributed by atoms with van der Waals surface area (Å²) in [6.45, 7) is 2.11. The lowest BCUT2D eigenvalue weighted by atomic mass is 10.1. The minimum absolute atomic E-state index is 0.599. The Morgan fingerprint density at radius 1 is 1.25 bits per heavy atom. The lowest BCUT2D eigenvalue weighted by Crippen LogP contribution is -2.35. The molecule has 3 N–H and O–H groups in total. The molecule has 1 heterocycles. The van der Waals surface area contributed by atoms with Crippen molar-refractivity contribution in [1.29, 1.82) is 5.26 Å². The van der Waals surface area contributed by atoms with Gasteiger partial charge in [0.05, 0.1) is 23.0 Å². The van der Waals surface area contributed by atoms with Crippen LogP contribution in [0.1, 0.15) is 24.8 Å². The van der Waals surface area contributed by atoms with Gasteiger partial charge in [0.2, 0.25) is 0 Å². The molecule has 0 saturated carbocycles. The Kier molecular flexibility index (Phi) is 3.28. The first-order valence-electron chi connectivity index (χ1n) is 5.61. The molecule has 1 aromatic rings. The number of benzene rings is 1. The summed E-state index contributed by atoms with van der Waals surface area (Å²) in [6, 6.07) is 7.42. The van der Waals surface area contributed by atoms with Crippen LogP contribution in [-0.2, 0) is 0 Å². The summed E-state index contributed by atoms with van der Waals surface area (Å²) < 4.78 is 0. The number of nitrogens with one attached hydrogen (secondary N) is 1. The summed E-state index contributed by atoms with van der Waals surface area (Å²) in [5.74, 6) is 0. The van der Waals surface area contributed by atoms with E-state index < -0.39 is 0 Å². The zero-order valence-corrected chi connectivity index (χ0v) is 9.24. The molecule has 4 heteroatoms. The maximum atomic E-state index is 8.74. The summed E-state index contributed by atoms with van der Waals surface area (Å²) in [7, 11) is 0. The molecule has 0 bridgehead atoms. The highest BCUT2D eigenvalue weighted by atomic mass is 15.5. The van der Waals surface area contributed by atoms with Gasteiger partial charge in [0.15, 0.2) is 0 Å². The highest BCUT2D eigenvalue weighted by Crippen LogP contribution is 2.21. The first kappa shape index (κ1) is 10.8. The monoisotopic (exact) mass is 216 g/mol. The molecule has 1 aromatic carbocycles. The molecule has 2 rings (SSSR count). The van der Waals surface area contributed by atoms with E-state index in [0.29, 0.717) is 11.3 Å². The van der Waals surface area contributed by atoms with Crippen molar-refractivity contribution in [2.24, 2.45) is 0 Å². The number of nitrogens with zero attached hydrogens (tertiary/aromatic N) is 2. The molecular formula is C12H16N4. The van der Waals surface area contributed by atoms with Crippen LogP contribution in [0.4, 0.5) is 11.4 Å². The van der Waals surface area contributed by atoms with Crippen LogP contribution in [-0.4, -0.2) is 18.1 Å². The fourth-order valence-electron chi connectivity index (χ4n) is 1.91. The fourth-order valence-corrected chi connectivity index (χ4v) is 1.91. The summed E-state index contributed by atoms with van der Waals surface area (Å²) in [5, 5.41) is 10.9. The van der Waals surface area contributed by atoms with Crippen molar-refractivity contribution in [2.45, 2.75) is 19.3 Å². The van der Waals surface area contributed by atoms with Crippen molar-refractivity contribution in [2.75, 3.05) is 24.2 Å². The van der Waals surface area contributed by atoms with Crippen LogP contribution in [0.15, 0.2) is 18.2 Å². The SMILES string of the molecule is N#Cc1ccc(NN2CCCCC2)c(N)c1. The molecule has 0 aliphatic carbocycles. The van der Waals surface area contributed by atoms with E-state index in [2.05, 4.69) is 16.5 Å². The Hall–Kier alpha value is -1.73. The molecule has 1 fully saturated rings. The summed E-state index contributed by atoms with van der Waals surface area (Å²) >= 11 is 0. The molecule has 1 saturated heterocycles. The van der Waals surface area contributed by atoms with E-state index in [9.17, 15) is 0 Å². The van der Waals surface area contributed by atoms with Crippen molar-refractivity contribution in [3.05, 3.63) is 23.8 Å². The van der Waals surface area contributed by atoms with Gasteiger partial charge in [0.1, 0.15) is 0 Å². The molecule has 0 spiro atoms. The molecule has 1 aliphatic heterocycles. The Labute approximate surface area is 95.6 Å². The molecule has 0 unspecified atom stereocenters. The van der Waals surface area contributed by atoms with Gasteiger partial charge in [-0.15, -0.1) is 0 Å². The van der Waals surface area contributed by atoms with Crippen LogP contribution in [0.5, 0.6) is 0 Å². The Morgan fingerprint density at radius 2 is 2.00 bits per heavy atom. The molecule has 0 radical (unpaired) electrons. The summed E-state index contributed by atoms with van der Waals surface area (Å²) in [6.07, 6.45) is 3.76. The number of piperidine rings is 1. The van der Waals surface area contributed by atoms with Crippen molar-refractivity contribution in [1.82, 2.24) is 5.01 Å².